The van der Waals surface area contributed by atoms with Gasteiger partial charge in [-0.1, -0.05) is 27.2 Å². The molecular weight excluding hydrogens is 394 g/mol. The van der Waals surface area contributed by atoms with Gasteiger partial charge in [0.1, 0.15) is 0 Å². The van der Waals surface area contributed by atoms with Gasteiger partial charge in [-0.2, -0.15) is 13.2 Å². The maximum atomic E-state index is 12.1. The Kier molecular flexibility index (Phi) is 12.5. The van der Waals surface area contributed by atoms with Crippen molar-refractivity contribution in [2.45, 2.75) is 59.6 Å². The van der Waals surface area contributed by atoms with Crippen LogP contribution in [-0.4, -0.2) is 31.8 Å². The molecule has 0 saturated heterocycles. The number of aliphatic imine (C=N–C) groups is 1. The second kappa shape index (κ2) is 11.4. The zero-order chi connectivity index (χ0) is 15.6. The van der Waals surface area contributed by atoms with E-state index in [9.17, 15) is 13.2 Å². The van der Waals surface area contributed by atoms with Gasteiger partial charge in [0.2, 0.25) is 0 Å². The van der Waals surface area contributed by atoms with Gasteiger partial charge >= 0.3 is 6.18 Å². The van der Waals surface area contributed by atoms with Crippen LogP contribution in [0.5, 0.6) is 0 Å². The molecule has 0 radical (unpaired) electrons. The van der Waals surface area contributed by atoms with E-state index in [1.165, 1.54) is 0 Å². The SMILES string of the molecule is CCNC(=NCCCCC(C)(C)C)NCCC(F)(F)F.I. The highest BCUT2D eigenvalue weighted by Gasteiger charge is 2.26. The van der Waals surface area contributed by atoms with Gasteiger partial charge in [-0.3, -0.25) is 4.99 Å². The van der Waals surface area contributed by atoms with Crippen molar-refractivity contribution in [1.82, 2.24) is 10.6 Å². The summed E-state index contributed by atoms with van der Waals surface area (Å²) in [4.78, 5) is 4.28. The standard InChI is InChI=1S/C14H28F3N3.HI/c1-5-18-12(20-11-9-14(15,16)17)19-10-7-6-8-13(2,3)4;/h5-11H2,1-4H3,(H2,18,19,20);1H. The smallest absolute Gasteiger partial charge is 0.357 e. The molecule has 2 N–H and O–H groups in total. The number of hydrogen-bond donors (Lipinski definition) is 2. The van der Waals surface area contributed by atoms with E-state index >= 15 is 0 Å². The second-order valence-electron chi connectivity index (χ2n) is 6.07. The Morgan fingerprint density at radius 1 is 1.00 bits per heavy atom. The molecule has 0 heterocycles. The van der Waals surface area contributed by atoms with E-state index in [-0.39, 0.29) is 30.5 Å². The van der Waals surface area contributed by atoms with Crippen molar-refractivity contribution in [1.29, 1.82) is 0 Å². The van der Waals surface area contributed by atoms with Gasteiger partial charge in [0.25, 0.3) is 0 Å². The van der Waals surface area contributed by atoms with Crippen molar-refractivity contribution >= 4 is 29.9 Å². The number of alkyl halides is 3. The molecular formula is C14H29F3IN3. The Morgan fingerprint density at radius 2 is 1.62 bits per heavy atom. The summed E-state index contributed by atoms with van der Waals surface area (Å²) in [6, 6.07) is 0. The average molecular weight is 423 g/mol. The summed E-state index contributed by atoms with van der Waals surface area (Å²) in [5, 5.41) is 5.65. The minimum atomic E-state index is -4.13. The summed E-state index contributed by atoms with van der Waals surface area (Å²) in [7, 11) is 0. The predicted molar refractivity (Wildman–Crippen MR) is 93.4 cm³/mol. The molecule has 0 fully saturated rings. The molecule has 0 aromatic rings. The predicted octanol–water partition coefficient (Wildman–Crippen LogP) is 4.33. The number of rotatable bonds is 7. The molecule has 0 unspecified atom stereocenters. The van der Waals surface area contributed by atoms with Crippen LogP contribution in [0.3, 0.4) is 0 Å². The number of guanidine groups is 1. The number of nitrogens with zero attached hydrogens (tertiary/aromatic N) is 1. The molecule has 128 valence electrons. The van der Waals surface area contributed by atoms with Crippen molar-refractivity contribution in [2.75, 3.05) is 19.6 Å². The second-order valence-corrected chi connectivity index (χ2v) is 6.07. The third kappa shape index (κ3) is 17.7. The van der Waals surface area contributed by atoms with Gasteiger partial charge in [0.15, 0.2) is 5.96 Å². The summed E-state index contributed by atoms with van der Waals surface area (Å²) in [6.45, 7) is 9.60. The molecule has 0 aliphatic carbocycles. The van der Waals surface area contributed by atoms with Crippen LogP contribution in [0.4, 0.5) is 13.2 Å². The zero-order valence-corrected chi connectivity index (χ0v) is 15.8. The van der Waals surface area contributed by atoms with Crippen molar-refractivity contribution in [3.8, 4) is 0 Å². The first-order valence-electron chi connectivity index (χ1n) is 7.23. The largest absolute Gasteiger partial charge is 0.390 e. The maximum Gasteiger partial charge on any atom is 0.390 e. The van der Waals surface area contributed by atoms with Gasteiger partial charge in [-0.05, 0) is 25.2 Å². The Hall–Kier alpha value is -0.210. The zero-order valence-electron chi connectivity index (χ0n) is 13.4. The first-order valence-corrected chi connectivity index (χ1v) is 7.23. The third-order valence-corrected chi connectivity index (χ3v) is 2.65. The van der Waals surface area contributed by atoms with E-state index < -0.39 is 12.6 Å². The molecule has 0 aliphatic rings. The lowest BCUT2D eigenvalue weighted by molar-refractivity contribution is -0.132. The summed E-state index contributed by atoms with van der Waals surface area (Å²) < 4.78 is 36.2. The van der Waals surface area contributed by atoms with Crippen LogP contribution < -0.4 is 10.6 Å². The highest BCUT2D eigenvalue weighted by Crippen LogP contribution is 2.21. The molecule has 0 spiro atoms. The lowest BCUT2D eigenvalue weighted by atomic mass is 9.90. The van der Waals surface area contributed by atoms with Crippen LogP contribution in [-0.2, 0) is 0 Å². The monoisotopic (exact) mass is 423 g/mol. The quantitative estimate of drug-likeness (QED) is 0.277. The average Bonchev–Trinajstić information content (AvgIpc) is 2.25. The van der Waals surface area contributed by atoms with E-state index in [0.717, 1.165) is 19.3 Å². The molecule has 0 atom stereocenters. The molecule has 0 aromatic carbocycles. The Labute approximate surface area is 143 Å². The van der Waals surface area contributed by atoms with Crippen molar-refractivity contribution in [2.24, 2.45) is 10.4 Å². The third-order valence-electron chi connectivity index (χ3n) is 2.65. The topological polar surface area (TPSA) is 36.4 Å². The molecule has 3 nitrogen and oxygen atoms in total. The van der Waals surface area contributed by atoms with Gasteiger partial charge < -0.3 is 10.6 Å². The summed E-state index contributed by atoms with van der Waals surface area (Å²) in [5.41, 5.74) is 0.319. The normalized spacial score (nSPS) is 12.8. The maximum absolute atomic E-state index is 12.1. The minimum Gasteiger partial charge on any atom is -0.357 e. The first kappa shape index (κ1) is 23.1. The van der Waals surface area contributed by atoms with Crippen LogP contribution in [0.15, 0.2) is 4.99 Å². The van der Waals surface area contributed by atoms with Crippen LogP contribution in [0.25, 0.3) is 0 Å². The first-order chi connectivity index (χ1) is 9.14. The lowest BCUT2D eigenvalue weighted by Gasteiger charge is -2.17. The number of nitrogens with one attached hydrogen (secondary N) is 2. The van der Waals surface area contributed by atoms with Crippen molar-refractivity contribution < 1.29 is 13.2 Å². The van der Waals surface area contributed by atoms with Gasteiger partial charge in [-0.25, -0.2) is 0 Å². The summed E-state index contributed by atoms with van der Waals surface area (Å²) in [5.74, 6) is 0.465. The highest BCUT2D eigenvalue weighted by molar-refractivity contribution is 14.0. The van der Waals surface area contributed by atoms with E-state index in [1.54, 1.807) is 0 Å². The van der Waals surface area contributed by atoms with Crippen molar-refractivity contribution in [3.63, 3.8) is 0 Å². The number of unbranched alkanes of at least 4 members (excludes halogenated alkanes) is 1. The minimum absolute atomic E-state index is 0. The van der Waals surface area contributed by atoms with Crippen LogP contribution in [0.1, 0.15) is 53.4 Å². The van der Waals surface area contributed by atoms with Crippen molar-refractivity contribution in [3.05, 3.63) is 0 Å². The molecule has 0 saturated carbocycles. The van der Waals surface area contributed by atoms with Gasteiger partial charge in [-0.15, -0.1) is 24.0 Å². The molecule has 0 rings (SSSR count). The van der Waals surface area contributed by atoms with E-state index in [4.69, 9.17) is 0 Å². The highest BCUT2D eigenvalue weighted by atomic mass is 127. The molecule has 0 bridgehead atoms. The molecule has 21 heavy (non-hydrogen) atoms. The Bertz CT molecular complexity index is 286. The molecule has 0 amide bonds. The van der Waals surface area contributed by atoms with Crippen LogP contribution in [0.2, 0.25) is 0 Å². The van der Waals surface area contributed by atoms with Crippen LogP contribution >= 0.6 is 24.0 Å². The number of halogens is 4. The number of hydrogen-bond acceptors (Lipinski definition) is 1. The lowest BCUT2D eigenvalue weighted by Crippen LogP contribution is -2.39. The van der Waals surface area contributed by atoms with E-state index in [0.29, 0.717) is 24.5 Å². The fraction of sp³-hybridized carbons (Fsp3) is 0.929. The van der Waals surface area contributed by atoms with E-state index in [1.807, 2.05) is 6.92 Å². The molecule has 0 aromatic heterocycles. The Balaban J connectivity index is 0. The van der Waals surface area contributed by atoms with Gasteiger partial charge in [0, 0.05) is 19.6 Å². The molecule has 0 aliphatic heterocycles. The fourth-order valence-corrected chi connectivity index (χ4v) is 1.62. The van der Waals surface area contributed by atoms with Gasteiger partial charge in [0.05, 0.1) is 6.42 Å². The molecule has 7 heteroatoms. The summed E-state index contributed by atoms with van der Waals surface area (Å²) in [6.07, 6.45) is -1.82. The summed E-state index contributed by atoms with van der Waals surface area (Å²) >= 11 is 0. The van der Waals surface area contributed by atoms with E-state index in [2.05, 4.69) is 36.4 Å². The fourth-order valence-electron chi connectivity index (χ4n) is 1.62. The Morgan fingerprint density at radius 3 is 2.10 bits per heavy atom. The van der Waals surface area contributed by atoms with Crippen LogP contribution in [0, 0.1) is 5.41 Å².